The van der Waals surface area contributed by atoms with Crippen LogP contribution in [0.3, 0.4) is 0 Å². The van der Waals surface area contributed by atoms with E-state index in [2.05, 4.69) is 25.1 Å². The second-order valence-corrected chi connectivity index (χ2v) is 3.43. The van der Waals surface area contributed by atoms with E-state index in [0.717, 1.165) is 12.4 Å². The zero-order valence-electron chi connectivity index (χ0n) is 7.42. The summed E-state index contributed by atoms with van der Waals surface area (Å²) in [5.74, 6) is 1.74. The van der Waals surface area contributed by atoms with Crippen LogP contribution in [-0.2, 0) is 0 Å². The first-order valence-electron chi connectivity index (χ1n) is 4.59. The highest BCUT2D eigenvalue weighted by Gasteiger charge is 2.14. The molecule has 0 fully saturated rings. The third-order valence-electron chi connectivity index (χ3n) is 2.49. The summed E-state index contributed by atoms with van der Waals surface area (Å²) in [4.78, 5) is 0. The van der Waals surface area contributed by atoms with Crippen LogP contribution in [-0.4, -0.2) is 6.61 Å². The number of rotatable bonds is 0. The Hall–Kier alpha value is -0.980. The molecular formula is C11H14O. The summed E-state index contributed by atoms with van der Waals surface area (Å²) in [6.45, 7) is 3.15. The van der Waals surface area contributed by atoms with Crippen LogP contribution >= 0.6 is 0 Å². The van der Waals surface area contributed by atoms with Crippen LogP contribution in [0.1, 0.15) is 31.2 Å². The summed E-state index contributed by atoms with van der Waals surface area (Å²) in [6, 6.07) is 8.36. The van der Waals surface area contributed by atoms with Gasteiger partial charge in [0.25, 0.3) is 0 Å². The van der Waals surface area contributed by atoms with Gasteiger partial charge in [-0.25, -0.2) is 0 Å². The van der Waals surface area contributed by atoms with Gasteiger partial charge in [-0.05, 0) is 30.4 Å². The maximum absolute atomic E-state index is 5.62. The van der Waals surface area contributed by atoms with Gasteiger partial charge in [0, 0.05) is 0 Å². The quantitative estimate of drug-likeness (QED) is 0.570. The predicted octanol–water partition coefficient (Wildman–Crippen LogP) is 2.96. The lowest BCUT2D eigenvalue weighted by molar-refractivity contribution is 0.316. The first kappa shape index (κ1) is 7.66. The van der Waals surface area contributed by atoms with E-state index in [4.69, 9.17) is 4.74 Å². The number of hydrogen-bond donors (Lipinski definition) is 0. The molecule has 12 heavy (non-hydrogen) atoms. The molecule has 1 aliphatic heterocycles. The van der Waals surface area contributed by atoms with E-state index in [1.54, 1.807) is 0 Å². The summed E-state index contributed by atoms with van der Waals surface area (Å²) in [7, 11) is 0. The molecule has 0 amide bonds. The third kappa shape index (κ3) is 1.31. The van der Waals surface area contributed by atoms with Gasteiger partial charge in [-0.1, -0.05) is 25.1 Å². The van der Waals surface area contributed by atoms with Crippen LogP contribution in [0.2, 0.25) is 0 Å². The average Bonchev–Trinajstić information content (AvgIpc) is 2.29. The van der Waals surface area contributed by atoms with Crippen molar-refractivity contribution in [2.24, 2.45) is 0 Å². The molecule has 0 saturated carbocycles. The van der Waals surface area contributed by atoms with Crippen molar-refractivity contribution in [2.45, 2.75) is 25.7 Å². The van der Waals surface area contributed by atoms with E-state index in [-0.39, 0.29) is 0 Å². The topological polar surface area (TPSA) is 9.23 Å². The molecule has 0 aliphatic carbocycles. The standard InChI is InChI=1S/C11H14O/c1-9-5-4-8-12-11-7-3-2-6-10(9)11/h2-3,6-7,9H,4-5,8H2,1H3/t9-/m0/s1. The first-order chi connectivity index (χ1) is 5.88. The minimum Gasteiger partial charge on any atom is -0.493 e. The highest BCUT2D eigenvalue weighted by atomic mass is 16.5. The molecule has 0 aromatic heterocycles. The molecule has 1 atom stereocenters. The van der Waals surface area contributed by atoms with Crippen LogP contribution in [0.4, 0.5) is 0 Å². The Labute approximate surface area is 73.4 Å². The van der Waals surface area contributed by atoms with Gasteiger partial charge >= 0.3 is 0 Å². The van der Waals surface area contributed by atoms with Crippen LogP contribution in [0.25, 0.3) is 0 Å². The molecule has 1 aromatic carbocycles. The summed E-state index contributed by atoms with van der Waals surface area (Å²) in [6.07, 6.45) is 2.42. The SMILES string of the molecule is C[C@H]1CCCOc2ccccc21. The molecule has 1 heteroatoms. The molecule has 1 aliphatic rings. The maximum atomic E-state index is 5.62. The van der Waals surface area contributed by atoms with Gasteiger partial charge in [0.05, 0.1) is 6.61 Å². The molecule has 0 spiro atoms. The van der Waals surface area contributed by atoms with Gasteiger partial charge in [-0.15, -0.1) is 0 Å². The Morgan fingerprint density at radius 1 is 1.33 bits per heavy atom. The minimum absolute atomic E-state index is 0.656. The molecule has 1 aromatic rings. The molecule has 0 saturated heterocycles. The maximum Gasteiger partial charge on any atom is 0.122 e. The van der Waals surface area contributed by atoms with E-state index < -0.39 is 0 Å². The fourth-order valence-corrected chi connectivity index (χ4v) is 1.75. The van der Waals surface area contributed by atoms with Crippen molar-refractivity contribution >= 4 is 0 Å². The molecule has 64 valence electrons. The van der Waals surface area contributed by atoms with Crippen molar-refractivity contribution in [3.05, 3.63) is 29.8 Å². The van der Waals surface area contributed by atoms with Crippen LogP contribution < -0.4 is 4.74 Å². The number of benzene rings is 1. The van der Waals surface area contributed by atoms with Gasteiger partial charge in [-0.2, -0.15) is 0 Å². The van der Waals surface area contributed by atoms with E-state index in [1.807, 2.05) is 6.07 Å². The Morgan fingerprint density at radius 2 is 2.17 bits per heavy atom. The zero-order valence-corrected chi connectivity index (χ0v) is 7.42. The molecule has 0 bridgehead atoms. The Bertz CT molecular complexity index is 267. The fraction of sp³-hybridized carbons (Fsp3) is 0.455. The third-order valence-corrected chi connectivity index (χ3v) is 2.49. The molecule has 0 radical (unpaired) electrons. The monoisotopic (exact) mass is 162 g/mol. The molecule has 0 N–H and O–H groups in total. The molecule has 2 rings (SSSR count). The summed E-state index contributed by atoms with van der Waals surface area (Å²) in [5, 5.41) is 0. The van der Waals surface area contributed by atoms with Gasteiger partial charge < -0.3 is 4.74 Å². The Morgan fingerprint density at radius 3 is 3.08 bits per heavy atom. The van der Waals surface area contributed by atoms with E-state index >= 15 is 0 Å². The van der Waals surface area contributed by atoms with Gasteiger partial charge in [-0.3, -0.25) is 0 Å². The van der Waals surface area contributed by atoms with Crippen molar-refractivity contribution in [1.82, 2.24) is 0 Å². The zero-order chi connectivity index (χ0) is 8.39. The smallest absolute Gasteiger partial charge is 0.122 e. The summed E-state index contributed by atoms with van der Waals surface area (Å²) >= 11 is 0. The lowest BCUT2D eigenvalue weighted by atomic mass is 9.97. The second kappa shape index (κ2) is 3.18. The van der Waals surface area contributed by atoms with E-state index in [1.165, 1.54) is 18.4 Å². The van der Waals surface area contributed by atoms with E-state index in [0.29, 0.717) is 5.92 Å². The Balaban J connectivity index is 2.39. The highest BCUT2D eigenvalue weighted by molar-refractivity contribution is 5.36. The van der Waals surface area contributed by atoms with Crippen molar-refractivity contribution in [2.75, 3.05) is 6.61 Å². The summed E-state index contributed by atoms with van der Waals surface area (Å²) in [5.41, 5.74) is 1.37. The fourth-order valence-electron chi connectivity index (χ4n) is 1.75. The van der Waals surface area contributed by atoms with Crippen molar-refractivity contribution in [1.29, 1.82) is 0 Å². The van der Waals surface area contributed by atoms with Gasteiger partial charge in [0.2, 0.25) is 0 Å². The molecule has 1 nitrogen and oxygen atoms in total. The predicted molar refractivity (Wildman–Crippen MR) is 49.6 cm³/mol. The van der Waals surface area contributed by atoms with Crippen molar-refractivity contribution < 1.29 is 4.74 Å². The van der Waals surface area contributed by atoms with Gasteiger partial charge in [0.15, 0.2) is 0 Å². The normalized spacial score (nSPS) is 22.2. The first-order valence-corrected chi connectivity index (χ1v) is 4.59. The van der Waals surface area contributed by atoms with Crippen LogP contribution in [0, 0.1) is 0 Å². The second-order valence-electron chi connectivity index (χ2n) is 3.43. The number of ether oxygens (including phenoxy) is 1. The Kier molecular flexibility index (Phi) is 2.03. The van der Waals surface area contributed by atoms with Gasteiger partial charge in [0.1, 0.15) is 5.75 Å². The number of para-hydroxylation sites is 1. The van der Waals surface area contributed by atoms with E-state index in [9.17, 15) is 0 Å². The number of fused-ring (bicyclic) bond motifs is 1. The molecule has 0 unspecified atom stereocenters. The summed E-state index contributed by atoms with van der Waals surface area (Å²) < 4.78 is 5.62. The van der Waals surface area contributed by atoms with Crippen molar-refractivity contribution in [3.63, 3.8) is 0 Å². The average molecular weight is 162 g/mol. The lowest BCUT2D eigenvalue weighted by Gasteiger charge is -2.10. The molecule has 1 heterocycles. The highest BCUT2D eigenvalue weighted by Crippen LogP contribution is 2.31. The van der Waals surface area contributed by atoms with Crippen LogP contribution in [0.5, 0.6) is 5.75 Å². The van der Waals surface area contributed by atoms with Crippen LogP contribution in [0.15, 0.2) is 24.3 Å². The number of hydrogen-bond acceptors (Lipinski definition) is 1. The van der Waals surface area contributed by atoms with Crippen molar-refractivity contribution in [3.8, 4) is 5.75 Å². The minimum atomic E-state index is 0.656. The largest absolute Gasteiger partial charge is 0.493 e. The molecular weight excluding hydrogens is 148 g/mol. The lowest BCUT2D eigenvalue weighted by Crippen LogP contribution is -1.93.